The number of carbonyl (C=O) groups is 3. The van der Waals surface area contributed by atoms with E-state index in [-0.39, 0.29) is 34.6 Å². The number of nitrogens with two attached hydrogens (primary N) is 4. The number of anilines is 2. The Kier molecular flexibility index (Phi) is 9.94. The minimum absolute atomic E-state index is 0.0630. The summed E-state index contributed by atoms with van der Waals surface area (Å²) in [6.45, 7) is 0.811. The summed E-state index contributed by atoms with van der Waals surface area (Å²) in [6.07, 6.45) is 2.70. The zero-order chi connectivity index (χ0) is 38.7. The fourth-order valence-electron chi connectivity index (χ4n) is 6.30. The van der Waals surface area contributed by atoms with Crippen molar-refractivity contribution in [2.24, 2.45) is 11.5 Å². The maximum atomic E-state index is 14.6. The Morgan fingerprint density at radius 1 is 0.764 bits per heavy atom. The summed E-state index contributed by atoms with van der Waals surface area (Å²) in [6, 6.07) is 26.8. The summed E-state index contributed by atoms with van der Waals surface area (Å²) < 4.78 is 5.09. The number of nitrogen functional groups attached to an aromatic ring is 2. The number of rotatable bonds is 13. The highest BCUT2D eigenvalue weighted by molar-refractivity contribution is 8.02. The van der Waals surface area contributed by atoms with E-state index in [1.165, 1.54) is 19.6 Å². The molecule has 7 aromatic rings. The fraction of sp³-hybridized carbons (Fsp3) is 0.162. The minimum atomic E-state index is -2.51. The lowest BCUT2D eigenvalue weighted by molar-refractivity contribution is -0.166. The van der Waals surface area contributed by atoms with Gasteiger partial charge >= 0.3 is 5.97 Å². The molecule has 0 spiro atoms. The van der Waals surface area contributed by atoms with Crippen LogP contribution in [0, 0.1) is 0 Å². The molecule has 3 atom stereocenters. The number of H-pyrrole nitrogens is 2. The van der Waals surface area contributed by atoms with Gasteiger partial charge in [0, 0.05) is 0 Å². The zero-order valence-electron chi connectivity index (χ0n) is 29.2. The van der Waals surface area contributed by atoms with Gasteiger partial charge in [0.15, 0.2) is 40.6 Å². The van der Waals surface area contributed by atoms with E-state index in [0.29, 0.717) is 11.0 Å². The molecule has 11 N–H and O–H groups in total. The molecule has 3 unspecified atom stereocenters. The largest absolute Gasteiger partial charge is 0.433 e. The van der Waals surface area contributed by atoms with E-state index >= 15 is 0 Å². The van der Waals surface area contributed by atoms with Gasteiger partial charge in [0.05, 0.1) is 23.9 Å². The molecule has 4 heterocycles. The molecule has 18 heteroatoms. The van der Waals surface area contributed by atoms with Crippen molar-refractivity contribution in [2.45, 2.75) is 28.7 Å². The van der Waals surface area contributed by atoms with Crippen molar-refractivity contribution in [3.8, 4) is 0 Å². The van der Waals surface area contributed by atoms with Crippen LogP contribution in [0.25, 0.3) is 22.3 Å². The van der Waals surface area contributed by atoms with Crippen LogP contribution in [0.5, 0.6) is 0 Å². The number of nitrogens with one attached hydrogen (secondary N) is 3. The highest BCUT2D eigenvalue weighted by Gasteiger charge is 2.53. The van der Waals surface area contributed by atoms with Crippen LogP contribution in [0.2, 0.25) is 0 Å². The Morgan fingerprint density at radius 2 is 1.25 bits per heavy atom. The van der Waals surface area contributed by atoms with E-state index in [4.69, 9.17) is 27.7 Å². The first-order chi connectivity index (χ1) is 26.5. The average Bonchev–Trinajstić information content (AvgIpc) is 3.89. The normalized spacial score (nSPS) is 13.9. The number of fused-ring (bicyclic) bond motifs is 2. The molecule has 1 amide bonds. The third-order valence-electron chi connectivity index (χ3n) is 8.84. The molecule has 0 saturated heterocycles. The molecule has 0 aliphatic rings. The molecule has 3 aromatic carbocycles. The Hall–Kier alpha value is -6.76. The number of imidazole rings is 2. The summed E-state index contributed by atoms with van der Waals surface area (Å²) >= 11 is 1.12. The Balaban J connectivity index is 1.45. The van der Waals surface area contributed by atoms with Gasteiger partial charge in [-0.3, -0.25) is 15.3 Å². The van der Waals surface area contributed by atoms with Crippen LogP contribution in [0.15, 0.2) is 104 Å². The Bertz CT molecular complexity index is 2400. The van der Waals surface area contributed by atoms with Gasteiger partial charge in [0.1, 0.15) is 22.1 Å². The summed E-state index contributed by atoms with van der Waals surface area (Å²) in [5.74, 6) is -3.25. The van der Waals surface area contributed by atoms with E-state index in [9.17, 15) is 14.4 Å². The summed E-state index contributed by atoms with van der Waals surface area (Å²) in [5, 5.41) is 1.01. The summed E-state index contributed by atoms with van der Waals surface area (Å²) in [5.41, 5.74) is 26.1. The van der Waals surface area contributed by atoms with Gasteiger partial charge in [-0.25, -0.2) is 34.7 Å². The van der Waals surface area contributed by atoms with Gasteiger partial charge < -0.3 is 37.2 Å². The van der Waals surface area contributed by atoms with Gasteiger partial charge in [-0.05, 0) is 23.6 Å². The van der Waals surface area contributed by atoms with Crippen molar-refractivity contribution < 1.29 is 19.1 Å². The number of Topliss-reactive ketones (excluding diaryl/α,β-unsaturated/α-hetero) is 1. The minimum Gasteiger partial charge on any atom is -0.433 e. The molecular weight excluding hydrogens is 723 g/mol. The number of amides is 1. The van der Waals surface area contributed by atoms with Crippen molar-refractivity contribution >= 4 is 63.4 Å². The van der Waals surface area contributed by atoms with Gasteiger partial charge in [-0.15, -0.1) is 11.8 Å². The lowest BCUT2D eigenvalue weighted by Gasteiger charge is -2.42. The lowest BCUT2D eigenvalue weighted by Crippen LogP contribution is -2.56. The summed E-state index contributed by atoms with van der Waals surface area (Å²) in [4.78, 5) is 73.4. The quantitative estimate of drug-likeness (QED) is 0.0505. The average molecular weight is 758 g/mol. The molecule has 278 valence electrons. The lowest BCUT2D eigenvalue weighted by atomic mass is 9.84. The van der Waals surface area contributed by atoms with Crippen molar-refractivity contribution in [3.63, 3.8) is 0 Å². The summed E-state index contributed by atoms with van der Waals surface area (Å²) in [7, 11) is 0. The molecule has 0 radical (unpaired) electrons. The van der Waals surface area contributed by atoms with Crippen molar-refractivity contribution in [3.05, 3.63) is 132 Å². The molecule has 0 bridgehead atoms. The molecule has 0 saturated carbocycles. The second-order valence-electron chi connectivity index (χ2n) is 12.4. The third kappa shape index (κ3) is 6.80. The standard InChI is InChI=1S/C37H35N13O4S/c1-20(51)28(55-36(21-11-5-2-6-12-21,22-13-7-3-8-14-22)23-15-9-4-10-16-23)37(41,35-48-30(40)26-32(50-35)45-19-43-26)54-34(53)27(46-24(52)17-38)33-47-29(39)25-31(49-33)44-18-42-25/h2-16,18-19,27-28H,17,38,41H2,1H3,(H,46,52)(H3,39,42,44,47,49)(H3,40,43,45,48,50). The van der Waals surface area contributed by atoms with E-state index in [1.807, 2.05) is 91.0 Å². The molecule has 0 fully saturated rings. The number of benzene rings is 3. The number of thioether (sulfide) groups is 1. The second kappa shape index (κ2) is 14.9. The van der Waals surface area contributed by atoms with Gasteiger partial charge in [0.2, 0.25) is 11.6 Å². The maximum absolute atomic E-state index is 14.6. The predicted octanol–water partition coefficient (Wildman–Crippen LogP) is 2.34. The molecular formula is C37H35N13O4S. The van der Waals surface area contributed by atoms with Gasteiger partial charge in [-0.2, -0.15) is 0 Å². The second-order valence-corrected chi connectivity index (χ2v) is 13.7. The zero-order valence-corrected chi connectivity index (χ0v) is 30.0. The highest BCUT2D eigenvalue weighted by atomic mass is 32.2. The molecule has 0 aliphatic heterocycles. The fourth-order valence-corrected chi connectivity index (χ4v) is 7.96. The molecule has 4 aromatic heterocycles. The number of esters is 1. The topological polar surface area (TPSA) is 285 Å². The van der Waals surface area contributed by atoms with Crippen LogP contribution in [0.3, 0.4) is 0 Å². The third-order valence-corrected chi connectivity index (χ3v) is 10.8. The Morgan fingerprint density at radius 3 is 1.75 bits per heavy atom. The van der Waals surface area contributed by atoms with Crippen molar-refractivity contribution in [2.75, 3.05) is 18.0 Å². The van der Waals surface area contributed by atoms with Gasteiger partial charge in [-0.1, -0.05) is 91.0 Å². The van der Waals surface area contributed by atoms with Crippen molar-refractivity contribution in [1.82, 2.24) is 45.2 Å². The monoisotopic (exact) mass is 757 g/mol. The number of aromatic amines is 2. The SMILES string of the molecule is CC(=O)C(SC(c1ccccc1)(c1ccccc1)c1ccccc1)C(N)(OC(=O)C(NC(=O)CN)c1nc(N)c2[nH]cnc2n1)c1nc(N)c2[nH]cnc2n1. The predicted molar refractivity (Wildman–Crippen MR) is 205 cm³/mol. The first-order valence-electron chi connectivity index (χ1n) is 16.8. The van der Waals surface area contributed by atoms with Crippen LogP contribution in [-0.4, -0.2) is 69.3 Å². The molecule has 17 nitrogen and oxygen atoms in total. The van der Waals surface area contributed by atoms with E-state index in [0.717, 1.165) is 28.5 Å². The smallest absolute Gasteiger partial charge is 0.338 e. The number of hydrogen-bond acceptors (Lipinski definition) is 15. The van der Waals surface area contributed by atoms with E-state index < -0.39 is 46.0 Å². The van der Waals surface area contributed by atoms with Crippen LogP contribution in [-0.2, 0) is 29.6 Å². The van der Waals surface area contributed by atoms with Crippen LogP contribution in [0.4, 0.5) is 11.6 Å². The molecule has 55 heavy (non-hydrogen) atoms. The number of carbonyl (C=O) groups excluding carboxylic acids is 3. The maximum Gasteiger partial charge on any atom is 0.338 e. The number of ether oxygens (including phenoxy) is 1. The number of ketones is 1. The van der Waals surface area contributed by atoms with E-state index in [2.05, 4.69) is 45.2 Å². The Labute approximate surface area is 317 Å². The van der Waals surface area contributed by atoms with Crippen LogP contribution in [0.1, 0.15) is 41.3 Å². The van der Waals surface area contributed by atoms with Gasteiger partial charge in [0.25, 0.3) is 0 Å². The first kappa shape index (κ1) is 36.6. The first-order valence-corrected chi connectivity index (χ1v) is 17.7. The number of nitrogens with zero attached hydrogens (tertiary/aromatic N) is 6. The van der Waals surface area contributed by atoms with Crippen LogP contribution < -0.4 is 28.3 Å². The van der Waals surface area contributed by atoms with Crippen LogP contribution >= 0.6 is 11.8 Å². The molecule has 0 aliphatic carbocycles. The van der Waals surface area contributed by atoms with E-state index in [1.54, 1.807) is 0 Å². The molecule has 7 rings (SSSR count). The highest BCUT2D eigenvalue weighted by Crippen LogP contribution is 2.53. The van der Waals surface area contributed by atoms with Crippen molar-refractivity contribution in [1.29, 1.82) is 0 Å². The number of hydrogen-bond donors (Lipinski definition) is 7. The number of aromatic nitrogens is 8.